The lowest BCUT2D eigenvalue weighted by Gasteiger charge is -2.26. The maximum Gasteiger partial charge on any atom is 0.303 e. The van der Waals surface area contributed by atoms with Crippen LogP contribution in [0.2, 0.25) is 0 Å². The van der Waals surface area contributed by atoms with Gasteiger partial charge in [0.2, 0.25) is 0 Å². The molecule has 1 aliphatic carbocycles. The summed E-state index contributed by atoms with van der Waals surface area (Å²) >= 11 is 0. The number of carboxylic acid groups (broad SMARTS) is 1. The van der Waals surface area contributed by atoms with E-state index in [2.05, 4.69) is 20.8 Å². The second-order valence-electron chi connectivity index (χ2n) is 7.70. The molecular formula is C19H26O3. The van der Waals surface area contributed by atoms with Crippen LogP contribution < -0.4 is 0 Å². The van der Waals surface area contributed by atoms with E-state index in [0.717, 1.165) is 25.7 Å². The van der Waals surface area contributed by atoms with Crippen LogP contribution in [0.1, 0.15) is 75.2 Å². The first-order valence-electron chi connectivity index (χ1n) is 8.07. The summed E-state index contributed by atoms with van der Waals surface area (Å²) in [6.45, 7) is 6.43. The molecule has 0 saturated heterocycles. The summed E-state index contributed by atoms with van der Waals surface area (Å²) in [6.07, 6.45) is 4.23. The normalized spacial score (nSPS) is 17.4. The number of benzene rings is 1. The van der Waals surface area contributed by atoms with Crippen molar-refractivity contribution in [3.8, 4) is 0 Å². The lowest BCUT2D eigenvalue weighted by molar-refractivity contribution is -0.139. The van der Waals surface area contributed by atoms with Crippen LogP contribution in [0.3, 0.4) is 0 Å². The Labute approximate surface area is 132 Å². The molecule has 3 nitrogen and oxygen atoms in total. The number of carbonyl (C=O) groups is 2. The first-order valence-corrected chi connectivity index (χ1v) is 8.07. The van der Waals surface area contributed by atoms with E-state index in [1.807, 2.05) is 24.3 Å². The van der Waals surface area contributed by atoms with Crippen molar-refractivity contribution in [2.45, 2.75) is 64.7 Å². The van der Waals surface area contributed by atoms with Gasteiger partial charge in [0, 0.05) is 12.0 Å². The lowest BCUT2D eigenvalue weighted by atomic mass is 9.77. The van der Waals surface area contributed by atoms with E-state index >= 15 is 0 Å². The van der Waals surface area contributed by atoms with Crippen LogP contribution in [0.4, 0.5) is 0 Å². The molecule has 0 radical (unpaired) electrons. The Balaban J connectivity index is 2.12. The van der Waals surface area contributed by atoms with Gasteiger partial charge >= 0.3 is 5.97 Å². The van der Waals surface area contributed by atoms with Crippen molar-refractivity contribution in [3.05, 3.63) is 35.4 Å². The van der Waals surface area contributed by atoms with Crippen molar-refractivity contribution in [2.75, 3.05) is 0 Å². The number of hydrogen-bond donors (Lipinski definition) is 1. The second kappa shape index (κ2) is 6.23. The molecule has 0 spiro atoms. The van der Waals surface area contributed by atoms with Crippen molar-refractivity contribution >= 4 is 11.8 Å². The first-order chi connectivity index (χ1) is 10.2. The average Bonchev–Trinajstić information content (AvgIpc) is 2.85. The summed E-state index contributed by atoms with van der Waals surface area (Å²) in [5.41, 5.74) is 1.64. The van der Waals surface area contributed by atoms with E-state index in [-0.39, 0.29) is 23.0 Å². The standard InChI is InChI=1S/C19H26O3/c1-18(2,3)15-8-6-14(7-9-15)16(20)12-19(13-17(21)22)10-4-5-11-19/h6-9H,4-5,10-13H2,1-3H3,(H,21,22). The molecule has 1 fully saturated rings. The number of carbonyl (C=O) groups excluding carboxylic acids is 1. The minimum absolute atomic E-state index is 0.0670. The zero-order valence-electron chi connectivity index (χ0n) is 13.8. The van der Waals surface area contributed by atoms with Gasteiger partial charge in [-0.3, -0.25) is 9.59 Å². The van der Waals surface area contributed by atoms with Gasteiger partial charge in [-0.15, -0.1) is 0 Å². The predicted octanol–water partition coefficient (Wildman–Crippen LogP) is 4.59. The molecule has 0 amide bonds. The highest BCUT2D eigenvalue weighted by Gasteiger charge is 2.38. The molecule has 0 aliphatic heterocycles. The minimum atomic E-state index is -0.794. The van der Waals surface area contributed by atoms with Crippen LogP contribution in [0, 0.1) is 5.41 Å². The van der Waals surface area contributed by atoms with Gasteiger partial charge in [-0.1, -0.05) is 57.9 Å². The van der Waals surface area contributed by atoms with Crippen molar-refractivity contribution in [1.82, 2.24) is 0 Å². The van der Waals surface area contributed by atoms with Crippen LogP contribution >= 0.6 is 0 Å². The molecule has 3 heteroatoms. The van der Waals surface area contributed by atoms with Crippen LogP contribution in [-0.2, 0) is 10.2 Å². The highest BCUT2D eigenvalue weighted by Crippen LogP contribution is 2.44. The summed E-state index contributed by atoms with van der Waals surface area (Å²) in [7, 11) is 0. The maximum atomic E-state index is 12.6. The molecule has 1 N–H and O–H groups in total. The number of carboxylic acids is 1. The topological polar surface area (TPSA) is 54.4 Å². The summed E-state index contributed by atoms with van der Waals surface area (Å²) in [5, 5.41) is 9.14. The van der Waals surface area contributed by atoms with E-state index in [0.29, 0.717) is 12.0 Å². The van der Waals surface area contributed by atoms with Crippen LogP contribution in [0.5, 0.6) is 0 Å². The molecule has 1 saturated carbocycles. The first kappa shape index (κ1) is 16.7. The third kappa shape index (κ3) is 3.96. The van der Waals surface area contributed by atoms with E-state index < -0.39 is 5.97 Å². The van der Waals surface area contributed by atoms with Crippen molar-refractivity contribution in [1.29, 1.82) is 0 Å². The summed E-state index contributed by atoms with van der Waals surface area (Å²) in [6, 6.07) is 7.77. The Morgan fingerprint density at radius 2 is 1.59 bits per heavy atom. The number of ketones is 1. The number of Topliss-reactive ketones (excluding diaryl/α,β-unsaturated/α-hetero) is 1. The molecule has 0 aromatic heterocycles. The van der Waals surface area contributed by atoms with Crippen molar-refractivity contribution in [3.63, 3.8) is 0 Å². The fraction of sp³-hybridized carbons (Fsp3) is 0.579. The smallest absolute Gasteiger partial charge is 0.303 e. The zero-order chi connectivity index (χ0) is 16.4. The minimum Gasteiger partial charge on any atom is -0.481 e. The van der Waals surface area contributed by atoms with Crippen molar-refractivity contribution in [2.24, 2.45) is 5.41 Å². The molecule has 1 aliphatic rings. The van der Waals surface area contributed by atoms with Crippen LogP contribution in [0.25, 0.3) is 0 Å². The number of rotatable bonds is 5. The van der Waals surface area contributed by atoms with Gasteiger partial charge in [-0.05, 0) is 29.2 Å². The van der Waals surface area contributed by atoms with Gasteiger partial charge < -0.3 is 5.11 Å². The molecule has 1 aromatic rings. The third-order valence-electron chi connectivity index (χ3n) is 4.80. The van der Waals surface area contributed by atoms with Gasteiger partial charge in [0.25, 0.3) is 0 Å². The molecule has 0 heterocycles. The highest BCUT2D eigenvalue weighted by atomic mass is 16.4. The van der Waals surface area contributed by atoms with Crippen LogP contribution in [-0.4, -0.2) is 16.9 Å². The largest absolute Gasteiger partial charge is 0.481 e. The fourth-order valence-electron chi connectivity index (χ4n) is 3.46. The van der Waals surface area contributed by atoms with Gasteiger partial charge in [0.05, 0.1) is 6.42 Å². The summed E-state index contributed by atoms with van der Waals surface area (Å²) in [5.74, 6) is -0.721. The second-order valence-corrected chi connectivity index (χ2v) is 7.70. The average molecular weight is 302 g/mol. The Morgan fingerprint density at radius 3 is 2.05 bits per heavy atom. The Morgan fingerprint density at radius 1 is 1.05 bits per heavy atom. The third-order valence-corrected chi connectivity index (χ3v) is 4.80. The predicted molar refractivity (Wildman–Crippen MR) is 87.2 cm³/mol. The van der Waals surface area contributed by atoms with Crippen molar-refractivity contribution < 1.29 is 14.7 Å². The van der Waals surface area contributed by atoms with E-state index in [1.165, 1.54) is 5.56 Å². The maximum absolute atomic E-state index is 12.6. The molecular weight excluding hydrogens is 276 g/mol. The number of aliphatic carboxylic acids is 1. The van der Waals surface area contributed by atoms with Crippen LogP contribution in [0.15, 0.2) is 24.3 Å². The summed E-state index contributed by atoms with van der Waals surface area (Å²) in [4.78, 5) is 23.7. The lowest BCUT2D eigenvalue weighted by Crippen LogP contribution is -2.24. The zero-order valence-corrected chi connectivity index (χ0v) is 13.8. The highest BCUT2D eigenvalue weighted by molar-refractivity contribution is 5.96. The van der Waals surface area contributed by atoms with E-state index in [1.54, 1.807) is 0 Å². The molecule has 120 valence electrons. The molecule has 22 heavy (non-hydrogen) atoms. The SMILES string of the molecule is CC(C)(C)c1ccc(C(=O)CC2(CC(=O)O)CCCC2)cc1. The van der Waals surface area contributed by atoms with Gasteiger partial charge in [0.1, 0.15) is 0 Å². The monoisotopic (exact) mass is 302 g/mol. The van der Waals surface area contributed by atoms with E-state index in [4.69, 9.17) is 5.11 Å². The number of hydrogen-bond acceptors (Lipinski definition) is 2. The fourth-order valence-corrected chi connectivity index (χ4v) is 3.46. The Bertz CT molecular complexity index is 543. The van der Waals surface area contributed by atoms with Gasteiger partial charge in [-0.2, -0.15) is 0 Å². The molecule has 0 bridgehead atoms. The quantitative estimate of drug-likeness (QED) is 0.809. The Hall–Kier alpha value is -1.64. The van der Waals surface area contributed by atoms with E-state index in [9.17, 15) is 9.59 Å². The molecule has 0 atom stereocenters. The summed E-state index contributed by atoms with van der Waals surface area (Å²) < 4.78 is 0. The Kier molecular flexibility index (Phi) is 4.74. The van der Waals surface area contributed by atoms with Gasteiger partial charge in [0.15, 0.2) is 5.78 Å². The molecule has 1 aromatic carbocycles. The molecule has 2 rings (SSSR count). The van der Waals surface area contributed by atoms with Gasteiger partial charge in [-0.25, -0.2) is 0 Å². The molecule has 0 unspecified atom stereocenters.